The van der Waals surface area contributed by atoms with E-state index < -0.39 is 18.3 Å². The van der Waals surface area contributed by atoms with Crippen LogP contribution in [0.2, 0.25) is 0 Å². The summed E-state index contributed by atoms with van der Waals surface area (Å²) in [5, 5.41) is 23.2. The first kappa shape index (κ1) is 19.7. The Kier molecular flexibility index (Phi) is 4.78. The van der Waals surface area contributed by atoms with Gasteiger partial charge in [0, 0.05) is 16.5 Å². The maximum atomic E-state index is 10.7. The van der Waals surface area contributed by atoms with Gasteiger partial charge in [0.15, 0.2) is 0 Å². The highest BCUT2D eigenvalue weighted by Gasteiger charge is 2.39. The zero-order chi connectivity index (χ0) is 20.8. The third-order valence-electron chi connectivity index (χ3n) is 5.88. The Morgan fingerprint density at radius 2 is 1.41 bits per heavy atom. The average Bonchev–Trinajstić information content (AvgIpc) is 3.01. The Morgan fingerprint density at radius 1 is 0.793 bits per heavy atom. The lowest BCUT2D eigenvalue weighted by molar-refractivity contribution is -0.0982. The van der Waals surface area contributed by atoms with Crippen LogP contribution in [0.5, 0.6) is 0 Å². The smallest absolute Gasteiger partial charge is 0.423 e. The molecule has 0 saturated heterocycles. The fourth-order valence-corrected chi connectivity index (χ4v) is 3.49. The molecule has 148 valence electrons. The van der Waals surface area contributed by atoms with Crippen LogP contribution in [0.4, 0.5) is 0 Å². The quantitative estimate of drug-likeness (QED) is 0.509. The zero-order valence-electron chi connectivity index (χ0n) is 17.3. The number of benzene rings is 3. The summed E-state index contributed by atoms with van der Waals surface area (Å²) in [4.78, 5) is 0. The molecule has 0 aliphatic heterocycles. The van der Waals surface area contributed by atoms with E-state index >= 15 is 0 Å². The SMILES string of the molecule is CC(C)(O)C(C)(C)OB(O)c1ccc2c(c1)c1ccccc1n2-c1ccccc1. The molecule has 0 fully saturated rings. The maximum Gasteiger partial charge on any atom is 0.491 e. The number of aromatic nitrogens is 1. The van der Waals surface area contributed by atoms with Crippen LogP contribution >= 0.6 is 0 Å². The Bertz CT molecular complexity index is 1160. The van der Waals surface area contributed by atoms with Gasteiger partial charge in [-0.05, 0) is 57.4 Å². The first-order valence-electron chi connectivity index (χ1n) is 9.86. The van der Waals surface area contributed by atoms with Crippen molar-refractivity contribution in [1.29, 1.82) is 0 Å². The van der Waals surface area contributed by atoms with Crippen LogP contribution in [-0.2, 0) is 4.65 Å². The van der Waals surface area contributed by atoms with Crippen molar-refractivity contribution < 1.29 is 14.8 Å². The van der Waals surface area contributed by atoms with Crippen LogP contribution in [0.15, 0.2) is 72.8 Å². The first-order chi connectivity index (χ1) is 13.7. The minimum Gasteiger partial charge on any atom is -0.423 e. The molecule has 0 aliphatic carbocycles. The van der Waals surface area contributed by atoms with Crippen molar-refractivity contribution in [2.75, 3.05) is 0 Å². The molecule has 0 spiro atoms. The lowest BCUT2D eigenvalue weighted by atomic mass is 9.76. The van der Waals surface area contributed by atoms with E-state index in [4.69, 9.17) is 4.65 Å². The van der Waals surface area contributed by atoms with E-state index in [1.165, 1.54) is 0 Å². The minimum atomic E-state index is -1.14. The van der Waals surface area contributed by atoms with E-state index in [1.54, 1.807) is 27.7 Å². The molecule has 0 unspecified atom stereocenters. The second kappa shape index (κ2) is 7.03. The number of para-hydroxylation sites is 2. The van der Waals surface area contributed by atoms with Gasteiger partial charge in [0.25, 0.3) is 0 Å². The highest BCUT2D eigenvalue weighted by atomic mass is 16.5. The van der Waals surface area contributed by atoms with Crippen LogP contribution < -0.4 is 5.46 Å². The van der Waals surface area contributed by atoms with E-state index in [0.29, 0.717) is 5.46 Å². The minimum absolute atomic E-state index is 0.658. The van der Waals surface area contributed by atoms with Crippen molar-refractivity contribution in [3.8, 4) is 5.69 Å². The molecule has 0 radical (unpaired) electrons. The van der Waals surface area contributed by atoms with Crippen molar-refractivity contribution in [3.63, 3.8) is 0 Å². The number of aliphatic hydroxyl groups is 1. The van der Waals surface area contributed by atoms with Crippen LogP contribution in [-0.4, -0.2) is 33.0 Å². The molecule has 0 bridgehead atoms. The molecule has 4 nitrogen and oxygen atoms in total. The fraction of sp³-hybridized carbons (Fsp3) is 0.250. The lowest BCUT2D eigenvalue weighted by Crippen LogP contribution is -2.53. The van der Waals surface area contributed by atoms with Crippen molar-refractivity contribution in [2.24, 2.45) is 0 Å². The van der Waals surface area contributed by atoms with Crippen molar-refractivity contribution in [3.05, 3.63) is 72.8 Å². The second-order valence-corrected chi connectivity index (χ2v) is 8.50. The molecular weight excluding hydrogens is 361 g/mol. The van der Waals surface area contributed by atoms with Gasteiger partial charge in [-0.25, -0.2) is 0 Å². The highest BCUT2D eigenvalue weighted by molar-refractivity contribution is 6.60. The van der Waals surface area contributed by atoms with Gasteiger partial charge in [-0.2, -0.15) is 0 Å². The number of rotatable bonds is 5. The molecule has 3 aromatic carbocycles. The van der Waals surface area contributed by atoms with Crippen molar-refractivity contribution in [2.45, 2.75) is 38.9 Å². The molecule has 0 amide bonds. The van der Waals surface area contributed by atoms with Crippen molar-refractivity contribution in [1.82, 2.24) is 4.57 Å². The van der Waals surface area contributed by atoms with Crippen LogP contribution in [0, 0.1) is 0 Å². The van der Waals surface area contributed by atoms with Gasteiger partial charge < -0.3 is 19.4 Å². The topological polar surface area (TPSA) is 54.6 Å². The lowest BCUT2D eigenvalue weighted by Gasteiger charge is -2.38. The predicted octanol–water partition coefficient (Wildman–Crippen LogP) is 4.04. The molecule has 0 saturated carbocycles. The van der Waals surface area contributed by atoms with E-state index in [9.17, 15) is 10.1 Å². The number of fused-ring (bicyclic) bond motifs is 3. The summed E-state index contributed by atoms with van der Waals surface area (Å²) in [6, 6.07) is 24.4. The predicted molar refractivity (Wildman–Crippen MR) is 120 cm³/mol. The molecule has 5 heteroatoms. The molecule has 2 N–H and O–H groups in total. The molecule has 1 heterocycles. The second-order valence-electron chi connectivity index (χ2n) is 8.50. The summed E-state index contributed by atoms with van der Waals surface area (Å²) in [5.74, 6) is 0. The molecule has 4 rings (SSSR count). The van der Waals surface area contributed by atoms with Gasteiger partial charge >= 0.3 is 7.12 Å². The number of nitrogens with zero attached hydrogens (tertiary/aromatic N) is 1. The number of hydrogen-bond acceptors (Lipinski definition) is 3. The monoisotopic (exact) mass is 387 g/mol. The van der Waals surface area contributed by atoms with E-state index in [0.717, 1.165) is 27.5 Å². The van der Waals surface area contributed by atoms with Gasteiger partial charge in [-0.15, -0.1) is 0 Å². The Morgan fingerprint density at radius 3 is 2.10 bits per heavy atom. The maximum absolute atomic E-state index is 10.7. The molecule has 0 aliphatic rings. The molecule has 4 aromatic rings. The largest absolute Gasteiger partial charge is 0.491 e. The normalized spacial score (nSPS) is 12.6. The van der Waals surface area contributed by atoms with Gasteiger partial charge in [0.1, 0.15) is 0 Å². The van der Waals surface area contributed by atoms with Gasteiger partial charge in [-0.1, -0.05) is 48.5 Å². The number of hydrogen-bond donors (Lipinski definition) is 2. The summed E-state index contributed by atoms with van der Waals surface area (Å²) in [6.45, 7) is 6.90. The Balaban J connectivity index is 1.84. The summed E-state index contributed by atoms with van der Waals surface area (Å²) in [5.41, 5.74) is 1.91. The van der Waals surface area contributed by atoms with Crippen LogP contribution in [0.25, 0.3) is 27.5 Å². The van der Waals surface area contributed by atoms with Gasteiger partial charge in [0.05, 0.1) is 22.2 Å². The fourth-order valence-electron chi connectivity index (χ4n) is 3.49. The standard InChI is InChI=1S/C24H26BNO3/c1-23(2,27)24(3,4)29-25(28)17-14-15-22-20(16-17)19-12-8-9-13-21(19)26(22)18-10-6-5-7-11-18/h5-16,27-28H,1-4H3. The van der Waals surface area contributed by atoms with E-state index in [2.05, 4.69) is 28.8 Å². The summed E-state index contributed by atoms with van der Waals surface area (Å²) < 4.78 is 8.06. The zero-order valence-corrected chi connectivity index (χ0v) is 17.3. The van der Waals surface area contributed by atoms with E-state index in [-0.39, 0.29) is 0 Å². The van der Waals surface area contributed by atoms with E-state index in [1.807, 2.05) is 48.5 Å². The summed E-state index contributed by atoms with van der Waals surface area (Å²) in [7, 11) is -1.14. The summed E-state index contributed by atoms with van der Waals surface area (Å²) >= 11 is 0. The molecular formula is C24H26BNO3. The molecule has 1 aromatic heterocycles. The molecule has 0 atom stereocenters. The van der Waals surface area contributed by atoms with Crippen LogP contribution in [0.1, 0.15) is 27.7 Å². The highest BCUT2D eigenvalue weighted by Crippen LogP contribution is 2.31. The first-order valence-corrected chi connectivity index (χ1v) is 9.86. The Hall–Kier alpha value is -2.60. The third-order valence-corrected chi connectivity index (χ3v) is 5.88. The summed E-state index contributed by atoms with van der Waals surface area (Å²) in [6.07, 6.45) is 0. The van der Waals surface area contributed by atoms with Crippen LogP contribution in [0.3, 0.4) is 0 Å². The van der Waals surface area contributed by atoms with Gasteiger partial charge in [0.2, 0.25) is 0 Å². The Labute approximate surface area is 171 Å². The van der Waals surface area contributed by atoms with Crippen molar-refractivity contribution >= 4 is 34.4 Å². The van der Waals surface area contributed by atoms with Gasteiger partial charge in [-0.3, -0.25) is 0 Å². The molecule has 29 heavy (non-hydrogen) atoms. The average molecular weight is 387 g/mol. The third kappa shape index (κ3) is 3.46.